The summed E-state index contributed by atoms with van der Waals surface area (Å²) in [7, 11) is 2.76. The smallest absolute Gasteiger partial charge is 0.422 e. The molecule has 2 aromatic carbocycles. The molecule has 3 amide bonds. The highest BCUT2D eigenvalue weighted by Gasteiger charge is 2.45. The fourth-order valence-electron chi connectivity index (χ4n) is 4.80. The first-order valence-electron chi connectivity index (χ1n) is 15.5. The zero-order valence-corrected chi connectivity index (χ0v) is 28.3. The van der Waals surface area contributed by atoms with Crippen molar-refractivity contribution in [3.63, 3.8) is 0 Å². The zero-order chi connectivity index (χ0) is 37.5. The maximum absolute atomic E-state index is 13.0. The monoisotopic (exact) mass is 744 g/mol. The first kappa shape index (κ1) is 37.3. The summed E-state index contributed by atoms with van der Waals surface area (Å²) in [4.78, 5) is 65.9. The molecule has 5 N–H and O–H groups in total. The van der Waals surface area contributed by atoms with E-state index in [0.29, 0.717) is 29.4 Å². The molecule has 1 saturated carbocycles. The minimum absolute atomic E-state index is 0.0304. The number of esters is 1. The van der Waals surface area contributed by atoms with E-state index in [9.17, 15) is 32.3 Å². The van der Waals surface area contributed by atoms with Crippen molar-refractivity contribution < 1.29 is 41.8 Å². The summed E-state index contributed by atoms with van der Waals surface area (Å²) >= 11 is 6.02. The summed E-state index contributed by atoms with van der Waals surface area (Å²) in [6.07, 6.45) is -0.520. The van der Waals surface area contributed by atoms with Crippen LogP contribution in [0.15, 0.2) is 61.1 Å². The van der Waals surface area contributed by atoms with Crippen LogP contribution in [0.1, 0.15) is 35.2 Å². The Balaban J connectivity index is 1.22. The van der Waals surface area contributed by atoms with E-state index in [2.05, 4.69) is 46.5 Å². The van der Waals surface area contributed by atoms with Crippen LogP contribution >= 0.6 is 11.6 Å². The number of aromatic nitrogens is 5. The second-order valence-corrected chi connectivity index (χ2v) is 12.0. The molecule has 0 aliphatic heterocycles. The first-order valence-corrected chi connectivity index (χ1v) is 15.9. The molecule has 16 nitrogen and oxygen atoms in total. The molecule has 2 heterocycles. The Bertz CT molecular complexity index is 1920. The van der Waals surface area contributed by atoms with E-state index in [1.54, 1.807) is 19.2 Å². The van der Waals surface area contributed by atoms with E-state index in [1.807, 2.05) is 12.1 Å². The molecule has 2 aromatic heterocycles. The number of amides is 3. The van der Waals surface area contributed by atoms with E-state index >= 15 is 0 Å². The van der Waals surface area contributed by atoms with Crippen molar-refractivity contribution in [2.24, 2.45) is 7.05 Å². The number of aryl methyl sites for hydroxylation is 1. The molecule has 0 radical (unpaired) electrons. The van der Waals surface area contributed by atoms with E-state index < -0.39 is 54.1 Å². The van der Waals surface area contributed by atoms with E-state index in [0.717, 1.165) is 12.7 Å². The normalized spacial score (nSPS) is 13.7. The summed E-state index contributed by atoms with van der Waals surface area (Å²) < 4.78 is 49.9. The average molecular weight is 745 g/mol. The molecule has 0 bridgehead atoms. The molecule has 1 fully saturated rings. The highest BCUT2D eigenvalue weighted by molar-refractivity contribution is 6.39. The van der Waals surface area contributed by atoms with Gasteiger partial charge < -0.3 is 40.6 Å². The predicted molar refractivity (Wildman–Crippen MR) is 180 cm³/mol. The summed E-state index contributed by atoms with van der Waals surface area (Å²) in [6.45, 7) is -1.78. The molecule has 1 aliphatic rings. The second-order valence-electron chi connectivity index (χ2n) is 11.5. The number of alkyl halides is 3. The molecular formula is C32H32ClF3N10O6. The molecule has 20 heteroatoms. The third-order valence-electron chi connectivity index (χ3n) is 7.66. The van der Waals surface area contributed by atoms with Crippen LogP contribution < -0.4 is 31.3 Å². The Morgan fingerprint density at radius 3 is 2.29 bits per heavy atom. The molecule has 4 aromatic rings. The van der Waals surface area contributed by atoms with Gasteiger partial charge >= 0.3 is 30.0 Å². The molecule has 0 saturated heterocycles. The van der Waals surface area contributed by atoms with Gasteiger partial charge in [-0.05, 0) is 61.2 Å². The summed E-state index contributed by atoms with van der Waals surface area (Å²) in [5, 5.41) is 13.9. The van der Waals surface area contributed by atoms with Gasteiger partial charge in [-0.25, -0.2) is 9.78 Å². The third kappa shape index (κ3) is 10.1. The molecule has 0 spiro atoms. The number of imidazole rings is 1. The average Bonchev–Trinajstić information content (AvgIpc) is 3.78. The van der Waals surface area contributed by atoms with E-state index in [4.69, 9.17) is 21.1 Å². The zero-order valence-electron chi connectivity index (χ0n) is 27.6. The van der Waals surface area contributed by atoms with Gasteiger partial charge in [0.05, 0.1) is 25.2 Å². The highest BCUT2D eigenvalue weighted by atomic mass is 35.5. The number of anilines is 4. The summed E-state index contributed by atoms with van der Waals surface area (Å²) in [5.41, 5.74) is 0.819. The van der Waals surface area contributed by atoms with Crippen molar-refractivity contribution in [3.05, 3.63) is 77.2 Å². The number of nitrogens with zero attached hydrogens (tertiary/aromatic N) is 5. The Labute approximate surface area is 298 Å². The maximum atomic E-state index is 13.0. The third-order valence-corrected chi connectivity index (χ3v) is 7.91. The lowest BCUT2D eigenvalue weighted by atomic mass is 10.1. The minimum atomic E-state index is -4.64. The second kappa shape index (κ2) is 15.9. The number of rotatable bonds is 14. The van der Waals surface area contributed by atoms with Gasteiger partial charge in [0, 0.05) is 29.9 Å². The van der Waals surface area contributed by atoms with E-state index in [1.165, 1.54) is 41.4 Å². The number of nitrogens with one attached hydrogen (secondary N) is 5. The molecular weight excluding hydrogens is 713 g/mol. The van der Waals surface area contributed by atoms with Crippen LogP contribution in [0, 0.1) is 0 Å². The number of hydrogen-bond acceptors (Lipinski definition) is 12. The Kier molecular flexibility index (Phi) is 11.4. The van der Waals surface area contributed by atoms with Crippen LogP contribution in [0.4, 0.5) is 36.6 Å². The van der Waals surface area contributed by atoms with Gasteiger partial charge in [-0.1, -0.05) is 23.7 Å². The highest BCUT2D eigenvalue weighted by Crippen LogP contribution is 2.48. The van der Waals surface area contributed by atoms with Crippen LogP contribution in [-0.4, -0.2) is 80.7 Å². The number of carbonyl (C=O) groups excluding carboxylic acids is 4. The first-order chi connectivity index (χ1) is 24.7. The Morgan fingerprint density at radius 2 is 1.67 bits per heavy atom. The van der Waals surface area contributed by atoms with Gasteiger partial charge in [-0.2, -0.15) is 28.1 Å². The predicted octanol–water partition coefficient (Wildman–Crippen LogP) is 3.46. The van der Waals surface area contributed by atoms with Crippen LogP contribution in [0.5, 0.6) is 6.01 Å². The van der Waals surface area contributed by atoms with Crippen molar-refractivity contribution in [2.75, 3.05) is 36.2 Å². The quantitative estimate of drug-likeness (QED) is 0.0931. The lowest BCUT2D eigenvalue weighted by Gasteiger charge is -2.19. The van der Waals surface area contributed by atoms with Crippen molar-refractivity contribution >= 4 is 58.7 Å². The van der Waals surface area contributed by atoms with Crippen LogP contribution in [-0.2, 0) is 31.7 Å². The van der Waals surface area contributed by atoms with Crippen molar-refractivity contribution in [1.82, 2.24) is 35.1 Å². The molecule has 52 heavy (non-hydrogen) atoms. The summed E-state index contributed by atoms with van der Waals surface area (Å²) in [5.74, 6) is -3.23. The van der Waals surface area contributed by atoms with Gasteiger partial charge in [-0.3, -0.25) is 14.4 Å². The minimum Gasteiger partial charge on any atom is -0.467 e. The van der Waals surface area contributed by atoms with Crippen molar-refractivity contribution in [3.8, 4) is 6.01 Å². The number of halogens is 4. The van der Waals surface area contributed by atoms with Crippen molar-refractivity contribution in [2.45, 2.75) is 37.0 Å². The van der Waals surface area contributed by atoms with E-state index in [-0.39, 0.29) is 30.4 Å². The molecule has 5 rings (SSSR count). The van der Waals surface area contributed by atoms with Crippen LogP contribution in [0.25, 0.3) is 0 Å². The maximum Gasteiger partial charge on any atom is 0.422 e. The number of hydrogen-bond donors (Lipinski definition) is 5. The molecule has 1 atom stereocenters. The topological polar surface area (TPSA) is 203 Å². The van der Waals surface area contributed by atoms with Crippen molar-refractivity contribution in [1.29, 1.82) is 0 Å². The molecule has 1 aliphatic carbocycles. The lowest BCUT2D eigenvalue weighted by molar-refractivity contribution is -0.154. The number of benzene rings is 2. The molecule has 274 valence electrons. The standard InChI is InChI=1S/C32H32ClF3N10O6/c1-46-17-37-15-23(46)41-26(49)25(48)38-14-11-22(27(50)51-2)40-24(47)18-3-9-21(10-4-18)39-28-42-29(44-30(43-28)52-16-32(34,35)36)45-31(12-13-31)19-5-7-20(33)8-6-19/h3-10,15,17,22H,11-14,16H2,1-2H3,(H,38,48)(H,40,47)(H,41,49)(H2,39,42,43,44,45)/t22-/m0/s1. The number of methoxy groups -OCH3 is 1. The number of ether oxygens (including phenoxy) is 2. The fraction of sp³-hybridized carbons (Fsp3) is 0.312. The SMILES string of the molecule is COC(=O)[C@H](CCNC(=O)C(=O)Nc1cncn1C)NC(=O)c1ccc(Nc2nc(NC3(c4ccc(Cl)cc4)CC3)nc(OCC(F)(F)F)n2)cc1. The van der Waals surface area contributed by atoms with Gasteiger partial charge in [-0.15, -0.1) is 0 Å². The lowest BCUT2D eigenvalue weighted by Crippen LogP contribution is -2.44. The van der Waals surface area contributed by atoms with Crippen LogP contribution in [0.3, 0.4) is 0 Å². The van der Waals surface area contributed by atoms with Crippen LogP contribution in [0.2, 0.25) is 5.02 Å². The van der Waals surface area contributed by atoms with Gasteiger partial charge in [0.2, 0.25) is 11.9 Å². The fourth-order valence-corrected chi connectivity index (χ4v) is 4.93. The molecule has 0 unspecified atom stereocenters. The van der Waals surface area contributed by atoms with Gasteiger partial charge in [0.15, 0.2) is 6.61 Å². The Hall–Kier alpha value is -5.98. The van der Waals surface area contributed by atoms with Gasteiger partial charge in [0.25, 0.3) is 5.91 Å². The number of carbonyl (C=O) groups is 4. The summed E-state index contributed by atoms with van der Waals surface area (Å²) in [6, 6.07) is 11.2. The largest absolute Gasteiger partial charge is 0.467 e. The Morgan fingerprint density at radius 1 is 0.981 bits per heavy atom. The van der Waals surface area contributed by atoms with Gasteiger partial charge in [0.1, 0.15) is 11.9 Å².